The maximum atomic E-state index is 12.6. The molecule has 1 atom stereocenters. The molecule has 1 aliphatic rings. The molecule has 0 unspecified atom stereocenters. The Labute approximate surface area is 157 Å². The van der Waals surface area contributed by atoms with Crippen molar-refractivity contribution in [3.8, 4) is 0 Å². The lowest BCUT2D eigenvalue weighted by Gasteiger charge is -2.37. The van der Waals surface area contributed by atoms with E-state index in [-0.39, 0.29) is 18.0 Å². The highest BCUT2D eigenvalue weighted by atomic mass is 16.5. The van der Waals surface area contributed by atoms with E-state index < -0.39 is 12.1 Å². The minimum absolute atomic E-state index is 0.209. The number of carbonyl (C=O) groups excluding carboxylic acids is 2. The van der Waals surface area contributed by atoms with E-state index in [0.29, 0.717) is 13.1 Å². The summed E-state index contributed by atoms with van der Waals surface area (Å²) in [5.74, 6) is -0.816. The number of carbonyl (C=O) groups is 2. The van der Waals surface area contributed by atoms with Gasteiger partial charge >= 0.3 is 5.97 Å². The van der Waals surface area contributed by atoms with E-state index in [4.69, 9.17) is 4.74 Å². The Morgan fingerprint density at radius 2 is 1.67 bits per heavy atom. The summed E-state index contributed by atoms with van der Waals surface area (Å²) in [6.45, 7) is 3.98. The Hall–Kier alpha value is -3.09. The summed E-state index contributed by atoms with van der Waals surface area (Å²) in [5.41, 5.74) is 0.850. The number of benzene rings is 1. The van der Waals surface area contributed by atoms with E-state index >= 15 is 0 Å². The van der Waals surface area contributed by atoms with Gasteiger partial charge in [0.25, 0.3) is 11.5 Å². The van der Waals surface area contributed by atoms with Gasteiger partial charge in [-0.05, 0) is 25.1 Å². The molecule has 142 valence electrons. The highest BCUT2D eigenvalue weighted by molar-refractivity contribution is 5.83. The van der Waals surface area contributed by atoms with E-state index in [1.54, 1.807) is 24.0 Å². The number of ether oxygens (including phenoxy) is 1. The van der Waals surface area contributed by atoms with Crippen LogP contribution < -0.4 is 10.5 Å². The molecule has 2 heterocycles. The third-order valence-corrected chi connectivity index (χ3v) is 4.57. The van der Waals surface area contributed by atoms with Crippen LogP contribution in [0.1, 0.15) is 6.92 Å². The summed E-state index contributed by atoms with van der Waals surface area (Å²) in [7, 11) is 0. The van der Waals surface area contributed by atoms with Gasteiger partial charge in [-0.25, -0.2) is 0 Å². The number of anilines is 1. The number of amides is 1. The number of pyridine rings is 1. The van der Waals surface area contributed by atoms with Gasteiger partial charge in [-0.15, -0.1) is 0 Å². The highest BCUT2D eigenvalue weighted by Gasteiger charge is 2.27. The smallest absolute Gasteiger partial charge is 0.326 e. The van der Waals surface area contributed by atoms with E-state index in [1.165, 1.54) is 16.8 Å². The first-order chi connectivity index (χ1) is 13.0. The predicted octanol–water partition coefficient (Wildman–Crippen LogP) is 1.13. The molecular formula is C20H23N3O4. The standard InChI is InChI=1S/C20H23N3O4/c1-16(27-19(25)15-23-10-6-5-9-18(23)24)20(26)22-13-11-21(12-14-22)17-7-3-2-4-8-17/h2-10,16H,11-15H2,1H3/t16-/m1/s1. The Balaban J connectivity index is 1.50. The molecule has 3 rings (SSSR count). The van der Waals surface area contributed by atoms with Gasteiger partial charge in [-0.3, -0.25) is 14.4 Å². The average molecular weight is 369 g/mol. The molecular weight excluding hydrogens is 346 g/mol. The van der Waals surface area contributed by atoms with Crippen molar-refractivity contribution in [2.24, 2.45) is 0 Å². The Morgan fingerprint density at radius 3 is 2.33 bits per heavy atom. The molecule has 7 heteroatoms. The number of esters is 1. The zero-order valence-corrected chi connectivity index (χ0v) is 15.3. The maximum Gasteiger partial charge on any atom is 0.326 e. The van der Waals surface area contributed by atoms with Gasteiger partial charge in [0.05, 0.1) is 0 Å². The third kappa shape index (κ3) is 4.75. The van der Waals surface area contributed by atoms with Gasteiger partial charge in [-0.1, -0.05) is 24.3 Å². The van der Waals surface area contributed by atoms with Crippen LogP contribution in [0.3, 0.4) is 0 Å². The van der Waals surface area contributed by atoms with Crippen molar-refractivity contribution in [1.29, 1.82) is 0 Å². The van der Waals surface area contributed by atoms with Crippen LogP contribution in [0.25, 0.3) is 0 Å². The number of piperazine rings is 1. The summed E-state index contributed by atoms with van der Waals surface area (Å²) in [6.07, 6.45) is 0.638. The second kappa shape index (κ2) is 8.53. The second-order valence-corrected chi connectivity index (χ2v) is 6.45. The van der Waals surface area contributed by atoms with Gasteiger partial charge in [0, 0.05) is 44.1 Å². The zero-order valence-electron chi connectivity index (χ0n) is 15.3. The van der Waals surface area contributed by atoms with Gasteiger partial charge < -0.3 is 19.1 Å². The fourth-order valence-corrected chi connectivity index (χ4v) is 3.10. The average Bonchev–Trinajstić information content (AvgIpc) is 2.70. The number of hydrogen-bond acceptors (Lipinski definition) is 5. The molecule has 1 aromatic heterocycles. The SMILES string of the molecule is C[C@@H](OC(=O)Cn1ccccc1=O)C(=O)N1CCN(c2ccccc2)CC1. The summed E-state index contributed by atoms with van der Waals surface area (Å²) < 4.78 is 6.48. The summed E-state index contributed by atoms with van der Waals surface area (Å²) >= 11 is 0. The van der Waals surface area contributed by atoms with Crippen LogP contribution in [0.2, 0.25) is 0 Å². The van der Waals surface area contributed by atoms with Gasteiger partial charge in [0.15, 0.2) is 6.10 Å². The predicted molar refractivity (Wildman–Crippen MR) is 101 cm³/mol. The molecule has 0 aliphatic carbocycles. The van der Waals surface area contributed by atoms with Crippen LogP contribution in [0.15, 0.2) is 59.5 Å². The summed E-state index contributed by atoms with van der Waals surface area (Å²) in [6, 6.07) is 14.7. The van der Waals surface area contributed by atoms with Crippen LogP contribution in [0.5, 0.6) is 0 Å². The topological polar surface area (TPSA) is 71.8 Å². The second-order valence-electron chi connectivity index (χ2n) is 6.45. The lowest BCUT2D eigenvalue weighted by atomic mass is 10.2. The fourth-order valence-electron chi connectivity index (χ4n) is 3.10. The number of aromatic nitrogens is 1. The van der Waals surface area contributed by atoms with E-state index in [0.717, 1.165) is 18.8 Å². The number of rotatable bonds is 5. The van der Waals surface area contributed by atoms with Crippen LogP contribution >= 0.6 is 0 Å². The lowest BCUT2D eigenvalue weighted by Crippen LogP contribution is -2.51. The van der Waals surface area contributed by atoms with Crippen molar-refractivity contribution >= 4 is 17.6 Å². The van der Waals surface area contributed by atoms with Crippen molar-refractivity contribution in [2.45, 2.75) is 19.6 Å². The lowest BCUT2D eigenvalue weighted by molar-refractivity contribution is -0.159. The van der Waals surface area contributed by atoms with Crippen LogP contribution in [0, 0.1) is 0 Å². The molecule has 1 saturated heterocycles. The number of nitrogens with zero attached hydrogens (tertiary/aromatic N) is 3. The monoisotopic (exact) mass is 369 g/mol. The zero-order chi connectivity index (χ0) is 19.2. The molecule has 1 aliphatic heterocycles. The van der Waals surface area contributed by atoms with Crippen molar-refractivity contribution in [2.75, 3.05) is 31.1 Å². The molecule has 27 heavy (non-hydrogen) atoms. The first-order valence-corrected chi connectivity index (χ1v) is 8.98. The molecule has 1 amide bonds. The fraction of sp³-hybridized carbons (Fsp3) is 0.350. The van der Waals surface area contributed by atoms with E-state index in [9.17, 15) is 14.4 Å². The highest BCUT2D eigenvalue weighted by Crippen LogP contribution is 2.16. The van der Waals surface area contributed by atoms with Crippen molar-refractivity contribution in [1.82, 2.24) is 9.47 Å². The van der Waals surface area contributed by atoms with Crippen molar-refractivity contribution in [3.63, 3.8) is 0 Å². The first-order valence-electron chi connectivity index (χ1n) is 8.98. The molecule has 1 aromatic carbocycles. The minimum atomic E-state index is -0.875. The Bertz CT molecular complexity index is 842. The van der Waals surface area contributed by atoms with Gasteiger partial charge in [0.1, 0.15) is 6.54 Å². The molecule has 0 spiro atoms. The number of hydrogen-bond donors (Lipinski definition) is 0. The van der Waals surface area contributed by atoms with Crippen LogP contribution in [-0.4, -0.2) is 53.6 Å². The molecule has 1 fully saturated rings. The summed E-state index contributed by atoms with van der Waals surface area (Å²) in [4.78, 5) is 40.2. The van der Waals surface area contributed by atoms with E-state index in [2.05, 4.69) is 4.90 Å². The van der Waals surface area contributed by atoms with Crippen LogP contribution in [-0.2, 0) is 20.9 Å². The van der Waals surface area contributed by atoms with E-state index in [1.807, 2.05) is 30.3 Å². The minimum Gasteiger partial charge on any atom is -0.451 e. The molecule has 7 nitrogen and oxygen atoms in total. The van der Waals surface area contributed by atoms with Crippen LogP contribution in [0.4, 0.5) is 5.69 Å². The van der Waals surface area contributed by atoms with Crippen molar-refractivity contribution in [3.05, 3.63) is 65.1 Å². The molecule has 0 N–H and O–H groups in total. The Kier molecular flexibility index (Phi) is 5.90. The number of para-hydroxylation sites is 1. The van der Waals surface area contributed by atoms with Crippen molar-refractivity contribution < 1.29 is 14.3 Å². The summed E-state index contributed by atoms with van der Waals surface area (Å²) in [5, 5.41) is 0. The third-order valence-electron chi connectivity index (χ3n) is 4.57. The molecule has 2 aromatic rings. The molecule has 0 saturated carbocycles. The molecule has 0 radical (unpaired) electrons. The first kappa shape index (κ1) is 18.7. The largest absolute Gasteiger partial charge is 0.451 e. The normalized spacial score (nSPS) is 15.3. The van der Waals surface area contributed by atoms with Gasteiger partial charge in [0.2, 0.25) is 0 Å². The Morgan fingerprint density at radius 1 is 1.00 bits per heavy atom. The maximum absolute atomic E-state index is 12.6. The quantitative estimate of drug-likeness (QED) is 0.739. The molecule has 0 bridgehead atoms. The van der Waals surface area contributed by atoms with Gasteiger partial charge in [-0.2, -0.15) is 0 Å².